The van der Waals surface area contributed by atoms with Gasteiger partial charge in [0, 0.05) is 17.8 Å². The standard InChI is InChI=1S/C18H21ClN2O3S/c1-4-14-7-5-6-8-17(14)20-18(22)12-21(3)25(23,24)15-10-9-13(2)16(19)11-15/h5-11H,4,12H2,1-3H3,(H,20,22). The Hall–Kier alpha value is -1.89. The number of halogens is 1. The molecule has 0 unspecified atom stereocenters. The van der Waals surface area contributed by atoms with Gasteiger partial charge in [0.1, 0.15) is 0 Å². The van der Waals surface area contributed by atoms with Crippen molar-refractivity contribution >= 4 is 33.2 Å². The Balaban J connectivity index is 2.13. The van der Waals surface area contributed by atoms with Gasteiger partial charge in [0.2, 0.25) is 15.9 Å². The second-order valence-corrected chi connectivity index (χ2v) is 8.18. The molecule has 2 aromatic rings. The maximum Gasteiger partial charge on any atom is 0.243 e. The third-order valence-corrected chi connectivity index (χ3v) is 6.10. The normalized spacial score (nSPS) is 11.6. The van der Waals surface area contributed by atoms with E-state index in [4.69, 9.17) is 11.6 Å². The third kappa shape index (κ3) is 4.60. The summed E-state index contributed by atoms with van der Waals surface area (Å²) in [5.41, 5.74) is 2.48. The lowest BCUT2D eigenvalue weighted by molar-refractivity contribution is -0.116. The highest BCUT2D eigenvalue weighted by molar-refractivity contribution is 7.89. The summed E-state index contributed by atoms with van der Waals surface area (Å²) in [6.45, 7) is 3.50. The molecule has 134 valence electrons. The monoisotopic (exact) mass is 380 g/mol. The average Bonchev–Trinajstić information content (AvgIpc) is 2.57. The fourth-order valence-corrected chi connectivity index (χ4v) is 3.74. The fraction of sp³-hybridized carbons (Fsp3) is 0.278. The molecule has 25 heavy (non-hydrogen) atoms. The van der Waals surface area contributed by atoms with Crippen LogP contribution in [-0.4, -0.2) is 32.2 Å². The summed E-state index contributed by atoms with van der Waals surface area (Å²) in [7, 11) is -2.42. The number of likely N-dealkylation sites (N-methyl/N-ethyl adjacent to an activating group) is 1. The molecule has 2 rings (SSSR count). The second-order valence-electron chi connectivity index (χ2n) is 5.73. The van der Waals surface area contributed by atoms with E-state index in [1.165, 1.54) is 19.2 Å². The van der Waals surface area contributed by atoms with Crippen LogP contribution in [-0.2, 0) is 21.2 Å². The van der Waals surface area contributed by atoms with Gasteiger partial charge in [-0.2, -0.15) is 4.31 Å². The Labute approximate surface area is 153 Å². The number of para-hydroxylation sites is 1. The Morgan fingerprint density at radius 3 is 2.52 bits per heavy atom. The fourth-order valence-electron chi connectivity index (χ4n) is 2.34. The zero-order valence-electron chi connectivity index (χ0n) is 14.4. The van der Waals surface area contributed by atoms with E-state index in [0.717, 1.165) is 21.9 Å². The van der Waals surface area contributed by atoms with Crippen LogP contribution in [0.15, 0.2) is 47.4 Å². The molecule has 0 aliphatic rings. The SMILES string of the molecule is CCc1ccccc1NC(=O)CN(C)S(=O)(=O)c1ccc(C)c(Cl)c1. The molecule has 0 heterocycles. The van der Waals surface area contributed by atoms with Gasteiger partial charge in [-0.15, -0.1) is 0 Å². The smallest absolute Gasteiger partial charge is 0.243 e. The van der Waals surface area contributed by atoms with E-state index >= 15 is 0 Å². The van der Waals surface area contributed by atoms with Crippen LogP contribution >= 0.6 is 11.6 Å². The lowest BCUT2D eigenvalue weighted by Crippen LogP contribution is -2.35. The Kier molecular flexibility index (Phi) is 6.21. The van der Waals surface area contributed by atoms with E-state index < -0.39 is 15.9 Å². The van der Waals surface area contributed by atoms with Crippen LogP contribution in [0.25, 0.3) is 0 Å². The minimum Gasteiger partial charge on any atom is -0.325 e. The molecule has 2 aromatic carbocycles. The van der Waals surface area contributed by atoms with E-state index in [-0.39, 0.29) is 11.4 Å². The molecular weight excluding hydrogens is 360 g/mol. The van der Waals surface area contributed by atoms with Crippen molar-refractivity contribution in [1.82, 2.24) is 4.31 Å². The predicted octanol–water partition coefficient (Wildman–Crippen LogP) is 3.47. The van der Waals surface area contributed by atoms with Gasteiger partial charge in [-0.25, -0.2) is 8.42 Å². The van der Waals surface area contributed by atoms with Crippen molar-refractivity contribution in [2.45, 2.75) is 25.2 Å². The molecule has 1 N–H and O–H groups in total. The first kappa shape index (κ1) is 19.4. The number of nitrogens with zero attached hydrogens (tertiary/aromatic N) is 1. The first-order valence-electron chi connectivity index (χ1n) is 7.86. The van der Waals surface area contributed by atoms with Gasteiger partial charge in [-0.3, -0.25) is 4.79 Å². The number of rotatable bonds is 6. The molecule has 0 spiro atoms. The van der Waals surface area contributed by atoms with Gasteiger partial charge in [0.25, 0.3) is 0 Å². The average molecular weight is 381 g/mol. The van der Waals surface area contributed by atoms with Crippen LogP contribution in [0.2, 0.25) is 5.02 Å². The number of carbonyl (C=O) groups is 1. The number of amides is 1. The molecule has 5 nitrogen and oxygen atoms in total. The highest BCUT2D eigenvalue weighted by Gasteiger charge is 2.23. The van der Waals surface area contributed by atoms with Crippen LogP contribution in [0, 0.1) is 6.92 Å². The lowest BCUT2D eigenvalue weighted by atomic mass is 10.1. The van der Waals surface area contributed by atoms with Crippen molar-refractivity contribution in [2.75, 3.05) is 18.9 Å². The second kappa shape index (κ2) is 7.99. The number of anilines is 1. The quantitative estimate of drug-likeness (QED) is 0.834. The van der Waals surface area contributed by atoms with E-state index in [9.17, 15) is 13.2 Å². The van der Waals surface area contributed by atoms with Crippen molar-refractivity contribution in [3.05, 3.63) is 58.6 Å². The van der Waals surface area contributed by atoms with Gasteiger partial charge >= 0.3 is 0 Å². The van der Waals surface area contributed by atoms with Crippen LogP contribution < -0.4 is 5.32 Å². The summed E-state index contributed by atoms with van der Waals surface area (Å²) in [5, 5.41) is 3.14. The highest BCUT2D eigenvalue weighted by atomic mass is 35.5. The van der Waals surface area contributed by atoms with Crippen molar-refractivity contribution in [2.24, 2.45) is 0 Å². The molecule has 0 atom stereocenters. The Morgan fingerprint density at radius 1 is 1.20 bits per heavy atom. The Morgan fingerprint density at radius 2 is 1.88 bits per heavy atom. The molecule has 0 bridgehead atoms. The van der Waals surface area contributed by atoms with E-state index in [0.29, 0.717) is 10.7 Å². The van der Waals surface area contributed by atoms with E-state index in [1.807, 2.05) is 25.1 Å². The number of carbonyl (C=O) groups excluding carboxylic acids is 1. The minimum absolute atomic E-state index is 0.0624. The molecule has 0 aliphatic heterocycles. The van der Waals surface area contributed by atoms with Crippen LogP contribution in [0.5, 0.6) is 0 Å². The van der Waals surface area contributed by atoms with Crippen molar-refractivity contribution in [3.63, 3.8) is 0 Å². The molecule has 0 saturated heterocycles. The summed E-state index contributed by atoms with van der Waals surface area (Å²) in [4.78, 5) is 12.3. The minimum atomic E-state index is -3.79. The van der Waals surface area contributed by atoms with Crippen molar-refractivity contribution in [3.8, 4) is 0 Å². The Bertz CT molecular complexity index is 882. The van der Waals surface area contributed by atoms with Crippen LogP contribution in [0.3, 0.4) is 0 Å². The summed E-state index contributed by atoms with van der Waals surface area (Å²) in [6.07, 6.45) is 0.770. The zero-order chi connectivity index (χ0) is 18.6. The first-order valence-corrected chi connectivity index (χ1v) is 9.67. The molecule has 0 aliphatic carbocycles. The molecule has 0 radical (unpaired) electrons. The topological polar surface area (TPSA) is 66.5 Å². The van der Waals surface area contributed by atoms with Gasteiger partial charge in [-0.05, 0) is 42.7 Å². The highest BCUT2D eigenvalue weighted by Crippen LogP contribution is 2.22. The molecule has 7 heteroatoms. The molecular formula is C18H21ClN2O3S. The number of benzene rings is 2. The maximum absolute atomic E-state index is 12.6. The number of hydrogen-bond acceptors (Lipinski definition) is 3. The van der Waals surface area contributed by atoms with Gasteiger partial charge < -0.3 is 5.32 Å². The number of nitrogens with one attached hydrogen (secondary N) is 1. The van der Waals surface area contributed by atoms with Crippen molar-refractivity contribution < 1.29 is 13.2 Å². The predicted molar refractivity (Wildman–Crippen MR) is 100 cm³/mol. The summed E-state index contributed by atoms with van der Waals surface area (Å²) in [6, 6.07) is 12.0. The van der Waals surface area contributed by atoms with Gasteiger partial charge in [0.05, 0.1) is 11.4 Å². The third-order valence-electron chi connectivity index (χ3n) is 3.89. The van der Waals surface area contributed by atoms with Crippen molar-refractivity contribution in [1.29, 1.82) is 0 Å². The summed E-state index contributed by atoms with van der Waals surface area (Å²) >= 11 is 6.01. The number of sulfonamides is 1. The largest absolute Gasteiger partial charge is 0.325 e. The zero-order valence-corrected chi connectivity index (χ0v) is 16.0. The number of aryl methyl sites for hydroxylation is 2. The van der Waals surface area contributed by atoms with E-state index in [1.54, 1.807) is 19.1 Å². The van der Waals surface area contributed by atoms with Crippen LogP contribution in [0.1, 0.15) is 18.1 Å². The molecule has 0 saturated carbocycles. The summed E-state index contributed by atoms with van der Waals surface area (Å²) < 4.78 is 26.2. The number of hydrogen-bond donors (Lipinski definition) is 1. The molecule has 0 fully saturated rings. The van der Waals surface area contributed by atoms with Crippen LogP contribution in [0.4, 0.5) is 5.69 Å². The first-order chi connectivity index (χ1) is 11.8. The molecule has 1 amide bonds. The van der Waals surface area contributed by atoms with E-state index in [2.05, 4.69) is 5.32 Å². The van der Waals surface area contributed by atoms with Gasteiger partial charge in [-0.1, -0.05) is 42.8 Å². The summed E-state index contributed by atoms with van der Waals surface area (Å²) in [5.74, 6) is -0.398. The molecule has 0 aromatic heterocycles. The lowest BCUT2D eigenvalue weighted by Gasteiger charge is -2.18. The van der Waals surface area contributed by atoms with Gasteiger partial charge in [0.15, 0.2) is 0 Å². The maximum atomic E-state index is 12.6.